The van der Waals surface area contributed by atoms with Crippen molar-refractivity contribution in [2.24, 2.45) is 14.1 Å². The van der Waals surface area contributed by atoms with Crippen molar-refractivity contribution in [2.45, 2.75) is 6.54 Å². The number of aromatic nitrogens is 2. The molecule has 0 saturated carbocycles. The van der Waals surface area contributed by atoms with Gasteiger partial charge < -0.3 is 10.1 Å². The van der Waals surface area contributed by atoms with Gasteiger partial charge in [0.05, 0.1) is 17.6 Å². The Morgan fingerprint density at radius 2 is 1.94 bits per heavy atom. The van der Waals surface area contributed by atoms with Crippen molar-refractivity contribution in [3.05, 3.63) is 34.2 Å². The van der Waals surface area contributed by atoms with E-state index in [4.69, 9.17) is 4.74 Å². The summed E-state index contributed by atoms with van der Waals surface area (Å²) in [7, 11) is 5.28. The molecule has 1 N–H and O–H groups in total. The zero-order valence-electron chi connectivity index (χ0n) is 11.1. The van der Waals surface area contributed by atoms with E-state index in [0.717, 1.165) is 24.1 Å². The molecule has 1 heterocycles. The fraction of sp³-hybridized carbons (Fsp3) is 0.462. The number of benzene rings is 1. The van der Waals surface area contributed by atoms with Crippen LogP contribution in [0.2, 0.25) is 0 Å². The van der Waals surface area contributed by atoms with Crippen LogP contribution in [0, 0.1) is 0 Å². The van der Waals surface area contributed by atoms with Gasteiger partial charge in [-0.3, -0.25) is 9.13 Å². The predicted molar refractivity (Wildman–Crippen MR) is 71.7 cm³/mol. The third-order valence-corrected chi connectivity index (χ3v) is 3.15. The summed E-state index contributed by atoms with van der Waals surface area (Å²) in [5, 5.41) is 3.29. The molecule has 0 aliphatic rings. The van der Waals surface area contributed by atoms with Crippen molar-refractivity contribution in [1.29, 1.82) is 0 Å². The van der Waals surface area contributed by atoms with Crippen LogP contribution in [0.15, 0.2) is 23.0 Å². The number of hydrogen-bond acceptors (Lipinski definition) is 3. The smallest absolute Gasteiger partial charge is 0.328 e. The first kappa shape index (κ1) is 12.9. The molecule has 0 atom stereocenters. The number of hydrogen-bond donors (Lipinski definition) is 1. The maximum Gasteiger partial charge on any atom is 0.328 e. The molecule has 0 bridgehead atoms. The number of methoxy groups -OCH3 is 1. The van der Waals surface area contributed by atoms with Crippen molar-refractivity contribution in [2.75, 3.05) is 20.3 Å². The molecule has 0 saturated heterocycles. The molecule has 0 aliphatic carbocycles. The molecule has 2 aromatic rings. The Balaban J connectivity index is 2.22. The molecule has 5 heteroatoms. The third-order valence-electron chi connectivity index (χ3n) is 3.15. The Bertz CT molecular complexity index is 598. The van der Waals surface area contributed by atoms with Crippen LogP contribution in [0.25, 0.3) is 11.0 Å². The Morgan fingerprint density at radius 1 is 1.22 bits per heavy atom. The van der Waals surface area contributed by atoms with Gasteiger partial charge in [-0.25, -0.2) is 4.79 Å². The average Bonchev–Trinajstić information content (AvgIpc) is 2.60. The highest BCUT2D eigenvalue weighted by Crippen LogP contribution is 2.13. The summed E-state index contributed by atoms with van der Waals surface area (Å²) in [6, 6.07) is 6.09. The summed E-state index contributed by atoms with van der Waals surface area (Å²) < 4.78 is 8.32. The number of fused-ring (bicyclic) bond motifs is 1. The Labute approximate surface area is 106 Å². The van der Waals surface area contributed by atoms with Gasteiger partial charge in [0.25, 0.3) is 0 Å². The molecule has 0 fully saturated rings. The van der Waals surface area contributed by atoms with E-state index >= 15 is 0 Å². The second-order valence-corrected chi connectivity index (χ2v) is 4.39. The zero-order chi connectivity index (χ0) is 13.1. The Morgan fingerprint density at radius 3 is 2.67 bits per heavy atom. The van der Waals surface area contributed by atoms with Crippen molar-refractivity contribution in [3.8, 4) is 0 Å². The van der Waals surface area contributed by atoms with Gasteiger partial charge in [-0.1, -0.05) is 6.07 Å². The summed E-state index contributed by atoms with van der Waals surface area (Å²) in [4.78, 5) is 11.8. The second kappa shape index (κ2) is 5.37. The number of nitrogens with zero attached hydrogens (tertiary/aromatic N) is 2. The summed E-state index contributed by atoms with van der Waals surface area (Å²) in [6.07, 6.45) is 0. The van der Waals surface area contributed by atoms with Crippen LogP contribution < -0.4 is 11.0 Å². The van der Waals surface area contributed by atoms with Gasteiger partial charge in [0.15, 0.2) is 0 Å². The molecular weight excluding hydrogens is 230 g/mol. The van der Waals surface area contributed by atoms with Crippen molar-refractivity contribution >= 4 is 11.0 Å². The van der Waals surface area contributed by atoms with Gasteiger partial charge in [0.2, 0.25) is 0 Å². The molecule has 18 heavy (non-hydrogen) atoms. The maximum absolute atomic E-state index is 11.8. The van der Waals surface area contributed by atoms with Gasteiger partial charge in [-0.15, -0.1) is 0 Å². The molecule has 0 amide bonds. The molecule has 0 aliphatic heterocycles. The normalized spacial score (nSPS) is 11.3. The average molecular weight is 249 g/mol. The number of imidazole rings is 1. The first-order chi connectivity index (χ1) is 8.65. The SMILES string of the molecule is COCCNCc1ccc2c(c1)n(C)c(=O)n2C. The van der Waals surface area contributed by atoms with Gasteiger partial charge >= 0.3 is 5.69 Å². The van der Waals surface area contributed by atoms with Gasteiger partial charge in [-0.2, -0.15) is 0 Å². The summed E-state index contributed by atoms with van der Waals surface area (Å²) in [5.74, 6) is 0. The molecule has 5 nitrogen and oxygen atoms in total. The van der Waals surface area contributed by atoms with Crippen LogP contribution in [-0.2, 0) is 25.4 Å². The van der Waals surface area contributed by atoms with Gasteiger partial charge in [0, 0.05) is 34.3 Å². The molecule has 1 aromatic carbocycles. The van der Waals surface area contributed by atoms with E-state index in [9.17, 15) is 4.79 Å². The highest BCUT2D eigenvalue weighted by molar-refractivity contribution is 5.76. The quantitative estimate of drug-likeness (QED) is 0.790. The van der Waals surface area contributed by atoms with Crippen LogP contribution >= 0.6 is 0 Å². The highest BCUT2D eigenvalue weighted by atomic mass is 16.5. The number of rotatable bonds is 5. The minimum atomic E-state index is 0.00879. The van der Waals surface area contributed by atoms with E-state index in [1.165, 1.54) is 5.56 Å². The van der Waals surface area contributed by atoms with Crippen LogP contribution in [0.5, 0.6) is 0 Å². The molecule has 2 rings (SSSR count). The standard InChI is InChI=1S/C13H19N3O2/c1-15-11-5-4-10(9-14-6-7-18-3)8-12(11)16(2)13(15)17/h4-5,8,14H,6-7,9H2,1-3H3. The van der Waals surface area contributed by atoms with Crippen LogP contribution in [0.3, 0.4) is 0 Å². The fourth-order valence-corrected chi connectivity index (χ4v) is 2.07. The van der Waals surface area contributed by atoms with Gasteiger partial charge in [-0.05, 0) is 17.7 Å². The van der Waals surface area contributed by atoms with E-state index in [2.05, 4.69) is 11.4 Å². The van der Waals surface area contributed by atoms with Crippen LogP contribution in [-0.4, -0.2) is 29.4 Å². The lowest BCUT2D eigenvalue weighted by Gasteiger charge is -2.05. The van der Waals surface area contributed by atoms with E-state index < -0.39 is 0 Å². The summed E-state index contributed by atoms with van der Waals surface area (Å²) in [5.41, 5.74) is 3.10. The predicted octanol–water partition coefficient (Wildman–Crippen LogP) is 0.613. The lowest BCUT2D eigenvalue weighted by molar-refractivity contribution is 0.199. The molecule has 98 valence electrons. The molecule has 1 aromatic heterocycles. The van der Waals surface area contributed by atoms with E-state index in [1.807, 2.05) is 12.1 Å². The lowest BCUT2D eigenvalue weighted by Crippen LogP contribution is -2.19. The van der Waals surface area contributed by atoms with Crippen LogP contribution in [0.1, 0.15) is 5.56 Å². The fourth-order valence-electron chi connectivity index (χ4n) is 2.07. The monoisotopic (exact) mass is 249 g/mol. The largest absolute Gasteiger partial charge is 0.383 e. The van der Waals surface area contributed by atoms with Crippen molar-refractivity contribution in [3.63, 3.8) is 0 Å². The van der Waals surface area contributed by atoms with Gasteiger partial charge in [0.1, 0.15) is 0 Å². The molecule has 0 radical (unpaired) electrons. The van der Waals surface area contributed by atoms with E-state index in [0.29, 0.717) is 6.61 Å². The van der Waals surface area contributed by atoms with E-state index in [-0.39, 0.29) is 5.69 Å². The lowest BCUT2D eigenvalue weighted by atomic mass is 10.2. The molecular formula is C13H19N3O2. The highest BCUT2D eigenvalue weighted by Gasteiger charge is 2.07. The minimum absolute atomic E-state index is 0.00879. The second-order valence-electron chi connectivity index (χ2n) is 4.39. The topological polar surface area (TPSA) is 48.2 Å². The maximum atomic E-state index is 11.8. The summed E-state index contributed by atoms with van der Waals surface area (Å²) >= 11 is 0. The Kier molecular flexibility index (Phi) is 3.84. The van der Waals surface area contributed by atoms with Crippen molar-refractivity contribution < 1.29 is 4.74 Å². The minimum Gasteiger partial charge on any atom is -0.383 e. The Hall–Kier alpha value is -1.59. The number of aryl methyl sites for hydroxylation is 2. The molecule has 0 unspecified atom stereocenters. The first-order valence-electron chi connectivity index (χ1n) is 5.99. The van der Waals surface area contributed by atoms with E-state index in [1.54, 1.807) is 30.3 Å². The first-order valence-corrected chi connectivity index (χ1v) is 5.99. The number of nitrogens with one attached hydrogen (secondary N) is 1. The molecule has 0 spiro atoms. The number of ether oxygens (including phenoxy) is 1. The summed E-state index contributed by atoms with van der Waals surface area (Å²) in [6.45, 7) is 2.30. The van der Waals surface area contributed by atoms with Crippen molar-refractivity contribution in [1.82, 2.24) is 14.5 Å². The van der Waals surface area contributed by atoms with Crippen LogP contribution in [0.4, 0.5) is 0 Å². The zero-order valence-corrected chi connectivity index (χ0v) is 11.1. The third kappa shape index (κ3) is 2.32.